The predicted molar refractivity (Wildman–Crippen MR) is 74.1 cm³/mol. The summed E-state index contributed by atoms with van der Waals surface area (Å²) in [5, 5.41) is 2.50. The van der Waals surface area contributed by atoms with Gasteiger partial charge in [-0.3, -0.25) is 0 Å². The molecule has 3 nitrogen and oxygen atoms in total. The average Bonchev–Trinajstić information content (AvgIpc) is 2.87. The van der Waals surface area contributed by atoms with Crippen molar-refractivity contribution in [3.8, 4) is 0 Å². The maximum Gasteiger partial charge on any atom is 0.129 e. The van der Waals surface area contributed by atoms with Crippen LogP contribution in [0.1, 0.15) is 12.0 Å². The molecule has 0 saturated carbocycles. The number of fused-ring (bicyclic) bond motifs is 1. The second kappa shape index (κ2) is 4.58. The summed E-state index contributed by atoms with van der Waals surface area (Å²) in [6.45, 7) is 4.10. The molecule has 1 unspecified atom stereocenters. The first-order valence-electron chi connectivity index (χ1n) is 6.41. The molecule has 1 aliphatic rings. The van der Waals surface area contributed by atoms with Crippen LogP contribution >= 0.6 is 0 Å². The molecule has 1 aliphatic heterocycles. The maximum absolute atomic E-state index is 5.40. The highest BCUT2D eigenvalue weighted by Crippen LogP contribution is 2.24. The predicted octanol–water partition coefficient (Wildman–Crippen LogP) is 2.77. The fourth-order valence-electron chi connectivity index (χ4n) is 2.61. The Kier molecular flexibility index (Phi) is 2.92. The van der Waals surface area contributed by atoms with E-state index in [1.54, 1.807) is 7.11 Å². The summed E-state index contributed by atoms with van der Waals surface area (Å²) in [7, 11) is 1.78. The second-order valence-electron chi connectivity index (χ2n) is 4.93. The minimum absolute atomic E-state index is 0.347. The van der Waals surface area contributed by atoms with Gasteiger partial charge in [-0.15, -0.1) is 0 Å². The highest BCUT2D eigenvalue weighted by atomic mass is 16.5. The van der Waals surface area contributed by atoms with Gasteiger partial charge < -0.3 is 9.64 Å². The fraction of sp³-hybridized carbons (Fsp3) is 0.400. The standard InChI is InChI=1S/C15H18N2O/c1-11-4-3-5-12-8-15(16-9-14(11)12)17-7-6-13(10-17)18-2/h3-5,8-9,13H,6-7,10H2,1-2H3. The van der Waals surface area contributed by atoms with Crippen LogP contribution in [0.2, 0.25) is 0 Å². The third-order valence-corrected chi connectivity index (χ3v) is 3.77. The summed E-state index contributed by atoms with van der Waals surface area (Å²) in [4.78, 5) is 6.89. The SMILES string of the molecule is COC1CCN(c2cc3cccc(C)c3cn2)C1. The first kappa shape index (κ1) is 11.5. The van der Waals surface area contributed by atoms with Crippen LogP contribution in [0.15, 0.2) is 30.5 Å². The number of aromatic nitrogens is 1. The number of nitrogens with zero attached hydrogens (tertiary/aromatic N) is 2. The van der Waals surface area contributed by atoms with Gasteiger partial charge >= 0.3 is 0 Å². The number of benzene rings is 1. The molecular formula is C15H18N2O. The van der Waals surface area contributed by atoms with Crippen molar-refractivity contribution in [1.29, 1.82) is 0 Å². The molecule has 2 aromatic rings. The number of hydrogen-bond acceptors (Lipinski definition) is 3. The quantitative estimate of drug-likeness (QED) is 0.809. The molecule has 94 valence electrons. The van der Waals surface area contributed by atoms with Crippen LogP contribution in [0.3, 0.4) is 0 Å². The summed E-state index contributed by atoms with van der Waals surface area (Å²) in [6.07, 6.45) is 3.42. The van der Waals surface area contributed by atoms with E-state index in [-0.39, 0.29) is 0 Å². The zero-order valence-corrected chi connectivity index (χ0v) is 10.9. The molecule has 18 heavy (non-hydrogen) atoms. The molecule has 3 rings (SSSR count). The van der Waals surface area contributed by atoms with Gasteiger partial charge in [-0.05, 0) is 30.4 Å². The number of anilines is 1. The van der Waals surface area contributed by atoms with Gasteiger partial charge in [0, 0.05) is 31.8 Å². The highest BCUT2D eigenvalue weighted by molar-refractivity contribution is 5.86. The van der Waals surface area contributed by atoms with E-state index in [1.807, 2.05) is 6.20 Å². The lowest BCUT2D eigenvalue weighted by molar-refractivity contribution is 0.121. The van der Waals surface area contributed by atoms with Crippen molar-refractivity contribution in [2.75, 3.05) is 25.1 Å². The van der Waals surface area contributed by atoms with Gasteiger partial charge in [0.2, 0.25) is 0 Å². The van der Waals surface area contributed by atoms with E-state index >= 15 is 0 Å². The summed E-state index contributed by atoms with van der Waals surface area (Å²) in [6, 6.07) is 8.56. The van der Waals surface area contributed by atoms with Crippen molar-refractivity contribution in [1.82, 2.24) is 4.98 Å². The van der Waals surface area contributed by atoms with Crippen molar-refractivity contribution in [2.24, 2.45) is 0 Å². The van der Waals surface area contributed by atoms with Crippen molar-refractivity contribution in [3.63, 3.8) is 0 Å². The Balaban J connectivity index is 1.94. The smallest absolute Gasteiger partial charge is 0.129 e. The zero-order chi connectivity index (χ0) is 12.5. The fourth-order valence-corrected chi connectivity index (χ4v) is 2.61. The third-order valence-electron chi connectivity index (χ3n) is 3.77. The van der Waals surface area contributed by atoms with E-state index in [2.05, 4.69) is 41.1 Å². The Hall–Kier alpha value is -1.61. The van der Waals surface area contributed by atoms with E-state index < -0.39 is 0 Å². The molecule has 0 radical (unpaired) electrons. The molecule has 1 atom stereocenters. The number of methoxy groups -OCH3 is 1. The second-order valence-corrected chi connectivity index (χ2v) is 4.93. The van der Waals surface area contributed by atoms with E-state index in [0.29, 0.717) is 6.10 Å². The van der Waals surface area contributed by atoms with Crippen LogP contribution < -0.4 is 4.90 Å². The van der Waals surface area contributed by atoms with Crippen LogP contribution in [0.4, 0.5) is 5.82 Å². The van der Waals surface area contributed by atoms with Gasteiger partial charge in [0.05, 0.1) is 6.10 Å². The lowest BCUT2D eigenvalue weighted by atomic mass is 10.1. The monoisotopic (exact) mass is 242 g/mol. The van der Waals surface area contributed by atoms with Gasteiger partial charge in [-0.1, -0.05) is 18.2 Å². The van der Waals surface area contributed by atoms with Crippen LogP contribution in [-0.2, 0) is 4.74 Å². The van der Waals surface area contributed by atoms with Gasteiger partial charge in [-0.25, -0.2) is 4.98 Å². The van der Waals surface area contributed by atoms with E-state index in [9.17, 15) is 0 Å². The van der Waals surface area contributed by atoms with Gasteiger partial charge in [0.15, 0.2) is 0 Å². The minimum Gasteiger partial charge on any atom is -0.380 e. The first-order valence-corrected chi connectivity index (χ1v) is 6.41. The lowest BCUT2D eigenvalue weighted by Gasteiger charge is -2.17. The van der Waals surface area contributed by atoms with Crippen LogP contribution in [-0.4, -0.2) is 31.3 Å². The van der Waals surface area contributed by atoms with Crippen molar-refractivity contribution >= 4 is 16.6 Å². The zero-order valence-electron chi connectivity index (χ0n) is 10.9. The summed E-state index contributed by atoms with van der Waals surface area (Å²) >= 11 is 0. The molecule has 0 N–H and O–H groups in total. The molecule has 2 heterocycles. The van der Waals surface area contributed by atoms with Crippen LogP contribution in [0.25, 0.3) is 10.8 Å². The number of aryl methyl sites for hydroxylation is 1. The van der Waals surface area contributed by atoms with Crippen LogP contribution in [0, 0.1) is 6.92 Å². The molecule has 0 aliphatic carbocycles. The van der Waals surface area contributed by atoms with Crippen molar-refractivity contribution in [2.45, 2.75) is 19.4 Å². The van der Waals surface area contributed by atoms with E-state index in [1.165, 1.54) is 16.3 Å². The summed E-state index contributed by atoms with van der Waals surface area (Å²) < 4.78 is 5.40. The Morgan fingerprint density at radius 1 is 1.39 bits per heavy atom. The molecule has 1 aromatic carbocycles. The Bertz CT molecular complexity index is 567. The normalized spacial score (nSPS) is 19.7. The van der Waals surface area contributed by atoms with Gasteiger partial charge in [0.1, 0.15) is 5.82 Å². The molecule has 3 heteroatoms. The molecule has 0 spiro atoms. The number of hydrogen-bond donors (Lipinski definition) is 0. The number of rotatable bonds is 2. The van der Waals surface area contributed by atoms with Crippen molar-refractivity contribution in [3.05, 3.63) is 36.0 Å². The molecule has 0 bridgehead atoms. The first-order chi connectivity index (χ1) is 8.78. The Morgan fingerprint density at radius 3 is 3.06 bits per heavy atom. The average molecular weight is 242 g/mol. The molecule has 1 aromatic heterocycles. The number of ether oxygens (including phenoxy) is 1. The van der Waals surface area contributed by atoms with Crippen LogP contribution in [0.5, 0.6) is 0 Å². The summed E-state index contributed by atoms with van der Waals surface area (Å²) in [5.41, 5.74) is 1.28. The minimum atomic E-state index is 0.347. The summed E-state index contributed by atoms with van der Waals surface area (Å²) in [5.74, 6) is 1.06. The Morgan fingerprint density at radius 2 is 2.28 bits per heavy atom. The van der Waals surface area contributed by atoms with Gasteiger partial charge in [-0.2, -0.15) is 0 Å². The van der Waals surface area contributed by atoms with E-state index in [4.69, 9.17) is 4.74 Å². The molecule has 1 saturated heterocycles. The van der Waals surface area contributed by atoms with E-state index in [0.717, 1.165) is 25.3 Å². The van der Waals surface area contributed by atoms with Crippen molar-refractivity contribution < 1.29 is 4.74 Å². The lowest BCUT2D eigenvalue weighted by Crippen LogP contribution is -2.22. The molecule has 1 fully saturated rings. The number of pyridine rings is 1. The topological polar surface area (TPSA) is 25.4 Å². The highest BCUT2D eigenvalue weighted by Gasteiger charge is 2.23. The van der Waals surface area contributed by atoms with Gasteiger partial charge in [0.25, 0.3) is 0 Å². The maximum atomic E-state index is 5.40. The third kappa shape index (κ3) is 1.95. The largest absolute Gasteiger partial charge is 0.380 e. The molecular weight excluding hydrogens is 224 g/mol. The molecule has 0 amide bonds. The Labute approximate surface area is 107 Å².